The Bertz CT molecular complexity index is 682. The quantitative estimate of drug-likeness (QED) is 0.842. The van der Waals surface area contributed by atoms with Crippen LogP contribution in [-0.2, 0) is 20.1 Å². The molecule has 1 aromatic heterocycles. The van der Waals surface area contributed by atoms with Crippen molar-refractivity contribution in [2.75, 3.05) is 20.1 Å². The van der Waals surface area contributed by atoms with E-state index in [9.17, 15) is 4.39 Å². The van der Waals surface area contributed by atoms with E-state index < -0.39 is 0 Å². The Labute approximate surface area is 143 Å². The molecule has 0 N–H and O–H groups in total. The topological polar surface area (TPSA) is 24.3 Å². The van der Waals surface area contributed by atoms with E-state index in [2.05, 4.69) is 33.4 Å². The van der Waals surface area contributed by atoms with Gasteiger partial charge in [0.1, 0.15) is 11.6 Å². The zero-order chi connectivity index (χ0) is 17.1. The van der Waals surface area contributed by atoms with Crippen LogP contribution in [0.3, 0.4) is 0 Å². The Morgan fingerprint density at radius 3 is 2.83 bits per heavy atom. The van der Waals surface area contributed by atoms with E-state index in [1.807, 2.05) is 25.3 Å². The summed E-state index contributed by atoms with van der Waals surface area (Å²) < 4.78 is 16.0. The molecule has 0 radical (unpaired) electrons. The summed E-state index contributed by atoms with van der Waals surface area (Å²) in [6.45, 7) is 5.66. The zero-order valence-corrected chi connectivity index (χ0v) is 14.9. The van der Waals surface area contributed by atoms with Crippen molar-refractivity contribution in [2.24, 2.45) is 7.05 Å². The van der Waals surface area contributed by atoms with Gasteiger partial charge in [0.05, 0.1) is 5.69 Å². The molecule has 3 rings (SSSR count). The third-order valence-electron chi connectivity index (χ3n) is 5.18. The number of likely N-dealkylation sites (N-methyl/N-ethyl adjacent to an activating group) is 1. The van der Waals surface area contributed by atoms with Crippen molar-refractivity contribution < 1.29 is 4.39 Å². The largest absolute Gasteiger partial charge is 0.334 e. The van der Waals surface area contributed by atoms with E-state index in [0.717, 1.165) is 37.4 Å². The Hall–Kier alpha value is -1.72. The molecule has 1 atom stereocenters. The lowest BCUT2D eigenvalue weighted by molar-refractivity contribution is 0.105. The standard InChI is InChI=1S/C19H27FN4/c1-15-21-11-18(23(15)3)13-22(2)17-8-6-10-24(14-17)12-16-7-4-5-9-19(16)20/h4-5,7,9,11,17H,6,8,10,12-14H2,1-3H3/t17-/m1/s1. The smallest absolute Gasteiger partial charge is 0.127 e. The van der Waals surface area contributed by atoms with E-state index in [4.69, 9.17) is 0 Å². The van der Waals surface area contributed by atoms with Crippen LogP contribution in [0.2, 0.25) is 0 Å². The maximum atomic E-state index is 13.9. The van der Waals surface area contributed by atoms with Crippen molar-refractivity contribution in [1.29, 1.82) is 0 Å². The lowest BCUT2D eigenvalue weighted by atomic mass is 10.0. The molecule has 0 saturated carbocycles. The molecule has 0 amide bonds. The molecule has 2 heterocycles. The monoisotopic (exact) mass is 330 g/mol. The van der Waals surface area contributed by atoms with E-state index in [1.54, 1.807) is 12.1 Å². The summed E-state index contributed by atoms with van der Waals surface area (Å²) in [6, 6.07) is 7.60. The fourth-order valence-corrected chi connectivity index (χ4v) is 3.48. The number of aryl methyl sites for hydroxylation is 1. The average Bonchev–Trinajstić information content (AvgIpc) is 2.89. The molecule has 1 aliphatic rings. The number of halogens is 1. The molecule has 2 aromatic rings. The Kier molecular flexibility index (Phi) is 5.31. The fraction of sp³-hybridized carbons (Fsp3) is 0.526. The molecular formula is C19H27FN4. The third kappa shape index (κ3) is 3.84. The van der Waals surface area contributed by atoms with Gasteiger partial charge in [0.25, 0.3) is 0 Å². The van der Waals surface area contributed by atoms with Gasteiger partial charge >= 0.3 is 0 Å². The van der Waals surface area contributed by atoms with Gasteiger partial charge in [-0.15, -0.1) is 0 Å². The van der Waals surface area contributed by atoms with Crippen LogP contribution in [0.4, 0.5) is 4.39 Å². The van der Waals surface area contributed by atoms with Gasteiger partial charge in [-0.3, -0.25) is 9.80 Å². The second-order valence-electron chi connectivity index (χ2n) is 6.89. The van der Waals surface area contributed by atoms with Gasteiger partial charge in [0, 0.05) is 44.5 Å². The van der Waals surface area contributed by atoms with Crippen molar-refractivity contribution >= 4 is 0 Å². The molecule has 4 nitrogen and oxygen atoms in total. The predicted molar refractivity (Wildman–Crippen MR) is 94.1 cm³/mol. The van der Waals surface area contributed by atoms with Crippen molar-refractivity contribution in [3.05, 3.63) is 53.4 Å². The summed E-state index contributed by atoms with van der Waals surface area (Å²) >= 11 is 0. The number of piperidine rings is 1. The van der Waals surface area contributed by atoms with E-state index >= 15 is 0 Å². The molecule has 24 heavy (non-hydrogen) atoms. The predicted octanol–water partition coefficient (Wildman–Crippen LogP) is 2.96. The number of aromatic nitrogens is 2. The molecule has 0 unspecified atom stereocenters. The summed E-state index contributed by atoms with van der Waals surface area (Å²) in [5.41, 5.74) is 2.03. The van der Waals surface area contributed by atoms with Crippen LogP contribution in [0.5, 0.6) is 0 Å². The van der Waals surface area contributed by atoms with E-state index in [-0.39, 0.29) is 5.82 Å². The van der Waals surface area contributed by atoms with Crippen LogP contribution in [0.25, 0.3) is 0 Å². The number of likely N-dealkylation sites (tertiary alicyclic amines) is 1. The molecule has 0 aliphatic carbocycles. The van der Waals surface area contributed by atoms with Gasteiger partial charge in [0.15, 0.2) is 0 Å². The SMILES string of the molecule is Cc1ncc(CN(C)[C@@H]2CCCN(Cc3ccccc3F)C2)n1C. The molecule has 5 heteroatoms. The molecule has 130 valence electrons. The van der Waals surface area contributed by atoms with Gasteiger partial charge in [-0.2, -0.15) is 0 Å². The van der Waals surface area contributed by atoms with Gasteiger partial charge in [0.2, 0.25) is 0 Å². The molecular weight excluding hydrogens is 303 g/mol. The van der Waals surface area contributed by atoms with Crippen molar-refractivity contribution in [3.8, 4) is 0 Å². The molecule has 1 saturated heterocycles. The first-order chi connectivity index (χ1) is 11.5. The fourth-order valence-electron chi connectivity index (χ4n) is 3.48. The highest BCUT2D eigenvalue weighted by Gasteiger charge is 2.24. The minimum absolute atomic E-state index is 0.0988. The number of rotatable bonds is 5. The number of benzene rings is 1. The van der Waals surface area contributed by atoms with Crippen LogP contribution in [0.15, 0.2) is 30.5 Å². The zero-order valence-electron chi connectivity index (χ0n) is 14.9. The molecule has 1 fully saturated rings. The number of hydrogen-bond donors (Lipinski definition) is 0. The van der Waals surface area contributed by atoms with Crippen LogP contribution in [0.1, 0.15) is 29.9 Å². The number of hydrogen-bond acceptors (Lipinski definition) is 3. The van der Waals surface area contributed by atoms with Crippen molar-refractivity contribution in [3.63, 3.8) is 0 Å². The van der Waals surface area contributed by atoms with Crippen LogP contribution in [-0.4, -0.2) is 45.5 Å². The number of imidazole rings is 1. The molecule has 0 spiro atoms. The van der Waals surface area contributed by atoms with Gasteiger partial charge in [-0.1, -0.05) is 18.2 Å². The van der Waals surface area contributed by atoms with Crippen LogP contribution >= 0.6 is 0 Å². The molecule has 1 aromatic carbocycles. The highest BCUT2D eigenvalue weighted by Crippen LogP contribution is 2.20. The second kappa shape index (κ2) is 7.45. The van der Waals surface area contributed by atoms with E-state index in [1.165, 1.54) is 12.1 Å². The maximum Gasteiger partial charge on any atom is 0.127 e. The van der Waals surface area contributed by atoms with Gasteiger partial charge in [-0.05, 0) is 39.4 Å². The first-order valence-electron chi connectivity index (χ1n) is 8.68. The van der Waals surface area contributed by atoms with Crippen molar-refractivity contribution in [2.45, 2.75) is 38.9 Å². The van der Waals surface area contributed by atoms with Gasteiger partial charge < -0.3 is 4.57 Å². The normalized spacial score (nSPS) is 19.1. The summed E-state index contributed by atoms with van der Waals surface area (Å²) in [5, 5.41) is 0. The third-order valence-corrected chi connectivity index (χ3v) is 5.18. The molecule has 1 aliphatic heterocycles. The molecule has 0 bridgehead atoms. The highest BCUT2D eigenvalue weighted by atomic mass is 19.1. The van der Waals surface area contributed by atoms with Crippen LogP contribution < -0.4 is 0 Å². The maximum absolute atomic E-state index is 13.9. The summed E-state index contributed by atoms with van der Waals surface area (Å²) in [5.74, 6) is 0.946. The Balaban J connectivity index is 1.60. The van der Waals surface area contributed by atoms with E-state index in [0.29, 0.717) is 12.6 Å². The first kappa shape index (κ1) is 17.1. The lowest BCUT2D eigenvalue weighted by Gasteiger charge is -2.37. The first-order valence-corrected chi connectivity index (χ1v) is 8.68. The van der Waals surface area contributed by atoms with Crippen LogP contribution in [0, 0.1) is 12.7 Å². The summed E-state index contributed by atoms with van der Waals surface area (Å²) in [7, 11) is 4.25. The summed E-state index contributed by atoms with van der Waals surface area (Å²) in [4.78, 5) is 9.16. The second-order valence-corrected chi connectivity index (χ2v) is 6.89. The van der Waals surface area contributed by atoms with Crippen molar-refractivity contribution in [1.82, 2.24) is 19.4 Å². The lowest BCUT2D eigenvalue weighted by Crippen LogP contribution is -2.46. The summed E-state index contributed by atoms with van der Waals surface area (Å²) in [6.07, 6.45) is 4.32. The number of nitrogens with zero attached hydrogens (tertiary/aromatic N) is 4. The Morgan fingerprint density at radius 1 is 1.33 bits per heavy atom. The van der Waals surface area contributed by atoms with Gasteiger partial charge in [-0.25, -0.2) is 9.37 Å². The minimum Gasteiger partial charge on any atom is -0.334 e. The Morgan fingerprint density at radius 2 is 2.12 bits per heavy atom. The minimum atomic E-state index is -0.0988. The highest BCUT2D eigenvalue weighted by molar-refractivity contribution is 5.17. The average molecular weight is 330 g/mol.